The van der Waals surface area contributed by atoms with Crippen LogP contribution < -0.4 is 5.32 Å². The second kappa shape index (κ2) is 5.66. The number of hydrogen-bond acceptors (Lipinski definition) is 5. The van der Waals surface area contributed by atoms with E-state index in [0.717, 1.165) is 10.6 Å². The van der Waals surface area contributed by atoms with Gasteiger partial charge in [-0.1, -0.05) is 0 Å². The van der Waals surface area contributed by atoms with Gasteiger partial charge in [0.15, 0.2) is 10.9 Å². The number of nitrogens with one attached hydrogen (secondary N) is 1. The third-order valence-electron chi connectivity index (χ3n) is 2.42. The van der Waals surface area contributed by atoms with Crippen molar-refractivity contribution in [3.05, 3.63) is 34.7 Å². The van der Waals surface area contributed by atoms with Crippen LogP contribution >= 0.6 is 11.3 Å². The lowest BCUT2D eigenvalue weighted by Crippen LogP contribution is -2.10. The molecule has 2 aromatic heterocycles. The number of aryl methyl sites for hydroxylation is 2. The summed E-state index contributed by atoms with van der Waals surface area (Å²) >= 11 is 1.28. The van der Waals surface area contributed by atoms with E-state index >= 15 is 0 Å². The van der Waals surface area contributed by atoms with Crippen molar-refractivity contribution in [1.29, 1.82) is 0 Å². The van der Waals surface area contributed by atoms with E-state index in [-0.39, 0.29) is 18.1 Å². The van der Waals surface area contributed by atoms with Crippen LogP contribution in [0.5, 0.6) is 0 Å². The summed E-state index contributed by atoms with van der Waals surface area (Å²) in [6, 6.07) is 3.18. The molecule has 2 N–H and O–H groups in total. The number of anilines is 1. The Morgan fingerprint density at radius 2 is 2.32 bits per heavy atom. The predicted octanol–water partition coefficient (Wildman–Crippen LogP) is 2.31. The zero-order valence-electron chi connectivity index (χ0n) is 10.2. The smallest absolute Gasteiger partial charge is 0.303 e. The minimum Gasteiger partial charge on any atom is -0.481 e. The molecule has 2 heterocycles. The van der Waals surface area contributed by atoms with Crippen LogP contribution in [-0.2, 0) is 11.2 Å². The number of rotatable bonds is 5. The molecule has 1 amide bonds. The molecular formula is C12H12N2O4S. The summed E-state index contributed by atoms with van der Waals surface area (Å²) in [6.07, 6.45) is 1.88. The quantitative estimate of drug-likeness (QED) is 0.876. The third kappa shape index (κ3) is 3.41. The number of carboxylic acid groups (broad SMARTS) is 1. The third-order valence-corrected chi connectivity index (χ3v) is 3.56. The fourth-order valence-electron chi connectivity index (χ4n) is 1.50. The van der Waals surface area contributed by atoms with Crippen LogP contribution in [0.4, 0.5) is 5.13 Å². The van der Waals surface area contributed by atoms with E-state index in [1.165, 1.54) is 17.6 Å². The van der Waals surface area contributed by atoms with E-state index in [9.17, 15) is 9.59 Å². The van der Waals surface area contributed by atoms with Crippen LogP contribution in [0.3, 0.4) is 0 Å². The van der Waals surface area contributed by atoms with Crippen molar-refractivity contribution in [3.63, 3.8) is 0 Å². The van der Waals surface area contributed by atoms with Crippen molar-refractivity contribution < 1.29 is 19.1 Å². The molecule has 0 radical (unpaired) electrons. The molecule has 0 aliphatic heterocycles. The Labute approximate surface area is 113 Å². The molecule has 0 unspecified atom stereocenters. The van der Waals surface area contributed by atoms with E-state index in [2.05, 4.69) is 10.3 Å². The van der Waals surface area contributed by atoms with Gasteiger partial charge in [-0.05, 0) is 25.5 Å². The number of carboxylic acids is 1. The standard InChI is InChI=1S/C12H12N2O4S/c1-7-9(4-5-10(15)16)19-12(13-7)14-11(17)8-3-2-6-18-8/h2-3,6H,4-5H2,1H3,(H,15,16)(H,13,14,17). The lowest BCUT2D eigenvalue weighted by Gasteiger charge is -1.96. The number of hydrogen-bond donors (Lipinski definition) is 2. The van der Waals surface area contributed by atoms with Crippen LogP contribution in [0, 0.1) is 6.92 Å². The summed E-state index contributed by atoms with van der Waals surface area (Å²) < 4.78 is 4.97. The van der Waals surface area contributed by atoms with Crippen molar-refractivity contribution in [1.82, 2.24) is 4.98 Å². The zero-order valence-corrected chi connectivity index (χ0v) is 11.0. The first kappa shape index (κ1) is 13.3. The molecule has 0 aliphatic carbocycles. The molecule has 0 aliphatic rings. The highest BCUT2D eigenvalue weighted by molar-refractivity contribution is 7.15. The second-order valence-corrected chi connectivity index (χ2v) is 4.94. The number of carbonyl (C=O) groups excluding carboxylic acids is 1. The topological polar surface area (TPSA) is 92.4 Å². The van der Waals surface area contributed by atoms with Gasteiger partial charge in [0.2, 0.25) is 0 Å². The number of aliphatic carboxylic acids is 1. The van der Waals surface area contributed by atoms with E-state index in [0.29, 0.717) is 11.6 Å². The van der Waals surface area contributed by atoms with E-state index in [1.807, 2.05) is 0 Å². The Kier molecular flexibility index (Phi) is 3.96. The summed E-state index contributed by atoms with van der Waals surface area (Å²) in [7, 11) is 0. The lowest BCUT2D eigenvalue weighted by molar-refractivity contribution is -0.136. The van der Waals surface area contributed by atoms with Gasteiger partial charge in [0.25, 0.3) is 5.91 Å². The SMILES string of the molecule is Cc1nc(NC(=O)c2ccco2)sc1CCC(=O)O. The predicted molar refractivity (Wildman–Crippen MR) is 69.5 cm³/mol. The van der Waals surface area contributed by atoms with Gasteiger partial charge in [-0.15, -0.1) is 11.3 Å². The fourth-order valence-corrected chi connectivity index (χ4v) is 2.46. The summed E-state index contributed by atoms with van der Waals surface area (Å²) in [5.74, 6) is -1.02. The van der Waals surface area contributed by atoms with Gasteiger partial charge in [-0.25, -0.2) is 4.98 Å². The van der Waals surface area contributed by atoms with E-state index in [1.54, 1.807) is 19.1 Å². The molecule has 0 aromatic carbocycles. The van der Waals surface area contributed by atoms with E-state index in [4.69, 9.17) is 9.52 Å². The van der Waals surface area contributed by atoms with Gasteiger partial charge >= 0.3 is 5.97 Å². The van der Waals surface area contributed by atoms with Crippen molar-refractivity contribution in [2.45, 2.75) is 19.8 Å². The normalized spacial score (nSPS) is 10.4. The highest BCUT2D eigenvalue weighted by Crippen LogP contribution is 2.24. The molecule has 100 valence electrons. The molecular weight excluding hydrogens is 268 g/mol. The highest BCUT2D eigenvalue weighted by atomic mass is 32.1. The fraction of sp³-hybridized carbons (Fsp3) is 0.250. The first-order chi connectivity index (χ1) is 9.06. The molecule has 2 aromatic rings. The summed E-state index contributed by atoms with van der Waals surface area (Å²) in [5.41, 5.74) is 0.737. The molecule has 7 heteroatoms. The highest BCUT2D eigenvalue weighted by Gasteiger charge is 2.14. The second-order valence-electron chi connectivity index (χ2n) is 3.85. The van der Waals surface area contributed by atoms with E-state index < -0.39 is 5.97 Å². The zero-order chi connectivity index (χ0) is 13.8. The minimum atomic E-state index is -0.853. The van der Waals surface area contributed by atoms with Gasteiger partial charge in [-0.3, -0.25) is 14.9 Å². The summed E-state index contributed by atoms with van der Waals surface area (Å²) in [5, 5.41) is 11.7. The number of thiazole rings is 1. The summed E-state index contributed by atoms with van der Waals surface area (Å²) in [6.45, 7) is 1.79. The van der Waals surface area contributed by atoms with Crippen molar-refractivity contribution in [2.75, 3.05) is 5.32 Å². The molecule has 0 saturated heterocycles. The molecule has 19 heavy (non-hydrogen) atoms. The summed E-state index contributed by atoms with van der Waals surface area (Å²) in [4.78, 5) is 27.3. The van der Waals surface area contributed by atoms with Crippen molar-refractivity contribution >= 4 is 28.3 Å². The average molecular weight is 280 g/mol. The van der Waals surface area contributed by atoms with Gasteiger partial charge in [0.05, 0.1) is 18.4 Å². The molecule has 0 spiro atoms. The molecule has 0 atom stereocenters. The maximum atomic E-state index is 11.7. The van der Waals surface area contributed by atoms with Gasteiger partial charge in [0.1, 0.15) is 0 Å². The maximum Gasteiger partial charge on any atom is 0.303 e. The van der Waals surface area contributed by atoms with Crippen LogP contribution in [0.1, 0.15) is 27.5 Å². The Bertz CT molecular complexity index is 589. The average Bonchev–Trinajstić information content (AvgIpc) is 2.96. The van der Waals surface area contributed by atoms with Gasteiger partial charge < -0.3 is 9.52 Å². The van der Waals surface area contributed by atoms with Crippen molar-refractivity contribution in [3.8, 4) is 0 Å². The monoisotopic (exact) mass is 280 g/mol. The van der Waals surface area contributed by atoms with Crippen molar-refractivity contribution in [2.24, 2.45) is 0 Å². The molecule has 0 fully saturated rings. The van der Waals surface area contributed by atoms with Crippen LogP contribution in [-0.4, -0.2) is 22.0 Å². The van der Waals surface area contributed by atoms with Crippen LogP contribution in [0.15, 0.2) is 22.8 Å². The number of aromatic nitrogens is 1. The number of furan rings is 1. The maximum absolute atomic E-state index is 11.7. The van der Waals surface area contributed by atoms with Crippen LogP contribution in [0.25, 0.3) is 0 Å². The largest absolute Gasteiger partial charge is 0.481 e. The Balaban J connectivity index is 2.03. The van der Waals surface area contributed by atoms with Crippen LogP contribution in [0.2, 0.25) is 0 Å². The Morgan fingerprint density at radius 1 is 1.53 bits per heavy atom. The number of nitrogens with zero attached hydrogens (tertiary/aromatic N) is 1. The lowest BCUT2D eigenvalue weighted by atomic mass is 10.2. The Morgan fingerprint density at radius 3 is 2.95 bits per heavy atom. The molecule has 0 saturated carbocycles. The first-order valence-corrected chi connectivity index (χ1v) is 6.41. The molecule has 6 nitrogen and oxygen atoms in total. The number of amides is 1. The first-order valence-electron chi connectivity index (χ1n) is 5.59. The molecule has 0 bridgehead atoms. The molecule has 2 rings (SSSR count). The minimum absolute atomic E-state index is 0.0502. The van der Waals surface area contributed by atoms with Gasteiger partial charge in [0, 0.05) is 4.88 Å². The Hall–Kier alpha value is -2.15. The van der Waals surface area contributed by atoms with Gasteiger partial charge in [-0.2, -0.15) is 0 Å². The number of carbonyl (C=O) groups is 2.